The number of nitrogens with zero attached hydrogens (tertiary/aromatic N) is 2. The molecule has 0 radical (unpaired) electrons. The van der Waals surface area contributed by atoms with Crippen LogP contribution >= 0.6 is 0 Å². The molecule has 0 aliphatic carbocycles. The number of hydrogen-bond acceptors (Lipinski definition) is 3. The highest BCUT2D eigenvalue weighted by molar-refractivity contribution is 6.04. The van der Waals surface area contributed by atoms with E-state index in [1.54, 1.807) is 6.33 Å². The maximum atomic E-state index is 11.3. The van der Waals surface area contributed by atoms with E-state index in [2.05, 4.69) is 15.3 Å². The molecule has 6 heteroatoms. The lowest BCUT2D eigenvalue weighted by Gasteiger charge is -2.25. The van der Waals surface area contributed by atoms with E-state index >= 15 is 0 Å². The highest BCUT2D eigenvalue weighted by atomic mass is 16.2. The molecule has 72 valence electrons. The minimum absolute atomic E-state index is 0.219. The van der Waals surface area contributed by atoms with Crippen LogP contribution in [0.2, 0.25) is 0 Å². The van der Waals surface area contributed by atoms with Gasteiger partial charge in [-0.15, -0.1) is 0 Å². The van der Waals surface area contributed by atoms with Crippen molar-refractivity contribution in [1.82, 2.24) is 20.2 Å². The van der Waals surface area contributed by atoms with Crippen LogP contribution in [-0.4, -0.2) is 32.8 Å². The molecular formula is C8H8N4O2. The molecular weight excluding hydrogens is 184 g/mol. The van der Waals surface area contributed by atoms with Gasteiger partial charge in [0.15, 0.2) is 0 Å². The van der Waals surface area contributed by atoms with Crippen LogP contribution in [-0.2, 0) is 17.8 Å². The molecule has 2 aliphatic heterocycles. The lowest BCUT2D eigenvalue weighted by molar-refractivity contribution is -0.121. The summed E-state index contributed by atoms with van der Waals surface area (Å²) in [6.45, 7) is 0.442. The van der Waals surface area contributed by atoms with Crippen molar-refractivity contribution in [1.29, 1.82) is 0 Å². The maximum Gasteiger partial charge on any atom is 0.325 e. The topological polar surface area (TPSA) is 78.1 Å². The predicted octanol–water partition coefficient (Wildman–Crippen LogP) is -0.614. The lowest BCUT2D eigenvalue weighted by Crippen LogP contribution is -2.40. The van der Waals surface area contributed by atoms with Crippen molar-refractivity contribution >= 4 is 11.9 Å². The van der Waals surface area contributed by atoms with Crippen LogP contribution in [0, 0.1) is 0 Å². The van der Waals surface area contributed by atoms with E-state index in [1.807, 2.05) is 0 Å². The van der Waals surface area contributed by atoms with Gasteiger partial charge in [-0.1, -0.05) is 0 Å². The Morgan fingerprint density at radius 3 is 3.21 bits per heavy atom. The summed E-state index contributed by atoms with van der Waals surface area (Å²) in [4.78, 5) is 31.2. The van der Waals surface area contributed by atoms with E-state index in [-0.39, 0.29) is 18.0 Å². The van der Waals surface area contributed by atoms with Gasteiger partial charge >= 0.3 is 6.03 Å². The minimum atomic E-state index is -0.363. The van der Waals surface area contributed by atoms with Crippen LogP contribution < -0.4 is 5.32 Å². The second-order valence-electron chi connectivity index (χ2n) is 3.47. The Hall–Kier alpha value is -1.85. The smallest absolute Gasteiger partial charge is 0.325 e. The van der Waals surface area contributed by atoms with E-state index in [0.717, 1.165) is 11.4 Å². The monoisotopic (exact) mass is 192 g/mol. The van der Waals surface area contributed by atoms with Crippen molar-refractivity contribution in [3.63, 3.8) is 0 Å². The average molecular weight is 192 g/mol. The van der Waals surface area contributed by atoms with Crippen molar-refractivity contribution in [2.45, 2.75) is 19.0 Å². The molecule has 6 nitrogen and oxygen atoms in total. The van der Waals surface area contributed by atoms with Gasteiger partial charge in [0.1, 0.15) is 6.04 Å². The van der Waals surface area contributed by atoms with Crippen LogP contribution in [0.15, 0.2) is 6.33 Å². The standard InChI is InChI=1S/C8H8N4O2/c13-7-6-1-4-5(10-3-9-4)2-12(6)8(14)11-7/h3,6H,1-2H2,(H,9,10)(H,11,13,14). The van der Waals surface area contributed by atoms with Crippen LogP contribution in [0.3, 0.4) is 0 Å². The maximum absolute atomic E-state index is 11.3. The highest BCUT2D eigenvalue weighted by Crippen LogP contribution is 2.23. The summed E-state index contributed by atoms with van der Waals surface area (Å²) in [6, 6.07) is -0.668. The molecule has 1 atom stereocenters. The molecule has 2 aliphatic rings. The van der Waals surface area contributed by atoms with Crippen LogP contribution in [0.4, 0.5) is 4.79 Å². The summed E-state index contributed by atoms with van der Waals surface area (Å²) in [5.41, 5.74) is 1.81. The SMILES string of the molecule is O=C1NC(=O)N2Cc3[nH]cnc3CC12. The summed E-state index contributed by atoms with van der Waals surface area (Å²) >= 11 is 0. The fourth-order valence-corrected chi connectivity index (χ4v) is 1.94. The number of amides is 3. The zero-order chi connectivity index (χ0) is 9.71. The molecule has 1 aromatic heterocycles. The Balaban J connectivity index is 2.02. The number of imidazole rings is 1. The van der Waals surface area contributed by atoms with Gasteiger partial charge in [-0.3, -0.25) is 10.1 Å². The lowest BCUT2D eigenvalue weighted by atomic mass is 10.0. The first-order chi connectivity index (χ1) is 6.75. The molecule has 2 N–H and O–H groups in total. The Morgan fingerprint density at radius 1 is 1.50 bits per heavy atom. The van der Waals surface area contributed by atoms with E-state index < -0.39 is 0 Å². The van der Waals surface area contributed by atoms with Gasteiger partial charge in [0.25, 0.3) is 5.91 Å². The number of aromatic amines is 1. The minimum Gasteiger partial charge on any atom is -0.347 e. The van der Waals surface area contributed by atoms with Crippen molar-refractivity contribution in [3.05, 3.63) is 17.7 Å². The Kier molecular flexibility index (Phi) is 1.26. The van der Waals surface area contributed by atoms with Crippen molar-refractivity contribution in [3.8, 4) is 0 Å². The molecule has 0 saturated carbocycles. The summed E-state index contributed by atoms with van der Waals surface area (Å²) < 4.78 is 0. The highest BCUT2D eigenvalue weighted by Gasteiger charge is 2.42. The van der Waals surface area contributed by atoms with E-state index in [0.29, 0.717) is 13.0 Å². The number of carbonyl (C=O) groups excluding carboxylic acids is 2. The van der Waals surface area contributed by atoms with Crippen molar-refractivity contribution < 1.29 is 9.59 Å². The molecule has 0 bridgehead atoms. The van der Waals surface area contributed by atoms with Gasteiger partial charge in [-0.05, 0) is 0 Å². The fraction of sp³-hybridized carbons (Fsp3) is 0.375. The van der Waals surface area contributed by atoms with E-state index in [9.17, 15) is 9.59 Å². The number of fused-ring (bicyclic) bond motifs is 2. The second-order valence-corrected chi connectivity index (χ2v) is 3.47. The molecule has 0 aromatic carbocycles. The summed E-state index contributed by atoms with van der Waals surface area (Å²) in [7, 11) is 0. The third-order valence-electron chi connectivity index (χ3n) is 2.69. The van der Waals surface area contributed by atoms with E-state index in [4.69, 9.17) is 0 Å². The van der Waals surface area contributed by atoms with Gasteiger partial charge in [0.2, 0.25) is 0 Å². The summed E-state index contributed by atoms with van der Waals surface area (Å²) in [5, 5.41) is 2.29. The number of rotatable bonds is 0. The van der Waals surface area contributed by atoms with Gasteiger partial charge < -0.3 is 9.88 Å². The Labute approximate surface area is 79.3 Å². The third kappa shape index (κ3) is 0.822. The number of imide groups is 1. The third-order valence-corrected chi connectivity index (χ3v) is 2.69. The summed E-state index contributed by atoms with van der Waals surface area (Å²) in [6.07, 6.45) is 2.10. The molecule has 0 spiro atoms. The molecule has 1 aromatic rings. The summed E-state index contributed by atoms with van der Waals surface area (Å²) in [5.74, 6) is -0.219. The van der Waals surface area contributed by atoms with Crippen molar-refractivity contribution in [2.24, 2.45) is 0 Å². The number of nitrogens with one attached hydrogen (secondary N) is 2. The van der Waals surface area contributed by atoms with Crippen molar-refractivity contribution in [2.75, 3.05) is 0 Å². The molecule has 3 heterocycles. The van der Waals surface area contributed by atoms with Gasteiger partial charge in [0, 0.05) is 6.42 Å². The second kappa shape index (κ2) is 2.34. The predicted molar refractivity (Wildman–Crippen MR) is 45.2 cm³/mol. The first-order valence-corrected chi connectivity index (χ1v) is 4.38. The number of carbonyl (C=O) groups is 2. The number of H-pyrrole nitrogens is 1. The molecule has 3 rings (SSSR count). The molecule has 1 fully saturated rings. The van der Waals surface area contributed by atoms with Gasteiger partial charge in [-0.25, -0.2) is 9.78 Å². The van der Waals surface area contributed by atoms with Gasteiger partial charge in [-0.2, -0.15) is 0 Å². The molecule has 3 amide bonds. The number of aromatic nitrogens is 2. The normalized spacial score (nSPS) is 24.6. The Bertz CT molecular complexity index is 388. The largest absolute Gasteiger partial charge is 0.347 e. The first-order valence-electron chi connectivity index (χ1n) is 4.38. The Morgan fingerprint density at radius 2 is 2.36 bits per heavy atom. The molecule has 14 heavy (non-hydrogen) atoms. The number of hydrogen-bond donors (Lipinski definition) is 2. The van der Waals surface area contributed by atoms with Crippen LogP contribution in [0.5, 0.6) is 0 Å². The quantitative estimate of drug-likeness (QED) is 0.538. The molecule has 1 unspecified atom stereocenters. The zero-order valence-electron chi connectivity index (χ0n) is 7.28. The first kappa shape index (κ1) is 7.54. The van der Waals surface area contributed by atoms with Gasteiger partial charge in [0.05, 0.1) is 24.3 Å². The van der Waals surface area contributed by atoms with Crippen LogP contribution in [0.1, 0.15) is 11.4 Å². The zero-order valence-corrected chi connectivity index (χ0v) is 7.28. The van der Waals surface area contributed by atoms with Crippen LogP contribution in [0.25, 0.3) is 0 Å². The van der Waals surface area contributed by atoms with E-state index in [1.165, 1.54) is 4.90 Å². The average Bonchev–Trinajstić information content (AvgIpc) is 2.70. The fourth-order valence-electron chi connectivity index (χ4n) is 1.94. The number of urea groups is 1. The molecule has 1 saturated heterocycles.